The van der Waals surface area contributed by atoms with Gasteiger partial charge in [-0.1, -0.05) is 0 Å². The third-order valence-corrected chi connectivity index (χ3v) is 4.62. The Balaban J connectivity index is 1.64. The summed E-state index contributed by atoms with van der Waals surface area (Å²) in [4.78, 5) is 9.64. The first-order chi connectivity index (χ1) is 8.81. The van der Waals surface area contributed by atoms with Crippen molar-refractivity contribution in [2.45, 2.75) is 38.9 Å². The Morgan fingerprint density at radius 1 is 1.44 bits per heavy atom. The average molecular weight is 261 g/mol. The topological polar surface area (TPSA) is 21.1 Å². The van der Waals surface area contributed by atoms with Crippen LogP contribution in [-0.2, 0) is 13.1 Å². The summed E-state index contributed by atoms with van der Waals surface area (Å²) in [6, 6.07) is 5.16. The van der Waals surface area contributed by atoms with Crippen LogP contribution in [0.5, 0.6) is 0 Å². The van der Waals surface area contributed by atoms with E-state index in [0.717, 1.165) is 13.1 Å². The molecule has 0 radical (unpaired) electrons. The largest absolute Gasteiger partial charge is 0.336 e. The van der Waals surface area contributed by atoms with Crippen LogP contribution in [0.25, 0.3) is 0 Å². The van der Waals surface area contributed by atoms with Crippen LogP contribution in [0, 0.1) is 6.92 Å². The van der Waals surface area contributed by atoms with Crippen LogP contribution < -0.4 is 0 Å². The quantitative estimate of drug-likeness (QED) is 0.844. The maximum absolute atomic E-state index is 4.12. The molecule has 3 heterocycles. The molecule has 1 aliphatic rings. The van der Waals surface area contributed by atoms with Gasteiger partial charge < -0.3 is 4.57 Å². The molecule has 1 aliphatic heterocycles. The van der Waals surface area contributed by atoms with Crippen molar-refractivity contribution in [2.24, 2.45) is 0 Å². The number of nitrogens with zero attached hydrogens (tertiary/aromatic N) is 3. The van der Waals surface area contributed by atoms with Crippen molar-refractivity contribution in [3.8, 4) is 0 Å². The fourth-order valence-electron chi connectivity index (χ4n) is 2.72. The molecule has 4 heteroatoms. The molecule has 1 atom stereocenters. The van der Waals surface area contributed by atoms with Gasteiger partial charge in [0, 0.05) is 41.3 Å². The molecule has 0 N–H and O–H groups in total. The summed E-state index contributed by atoms with van der Waals surface area (Å²) in [5.74, 6) is 0. The lowest BCUT2D eigenvalue weighted by Crippen LogP contribution is -2.31. The Bertz CT molecular complexity index is 489. The van der Waals surface area contributed by atoms with E-state index < -0.39 is 0 Å². The van der Waals surface area contributed by atoms with Gasteiger partial charge in [0.15, 0.2) is 0 Å². The molecular weight excluding hydrogens is 242 g/mol. The molecule has 0 saturated carbocycles. The zero-order chi connectivity index (χ0) is 12.4. The fourth-order valence-corrected chi connectivity index (χ4v) is 3.63. The van der Waals surface area contributed by atoms with Gasteiger partial charge in [-0.05, 0) is 38.4 Å². The van der Waals surface area contributed by atoms with E-state index in [1.807, 2.05) is 23.9 Å². The lowest BCUT2D eigenvalue weighted by atomic mass is 10.2. The van der Waals surface area contributed by atoms with Crippen molar-refractivity contribution >= 4 is 11.3 Å². The van der Waals surface area contributed by atoms with Crippen molar-refractivity contribution in [1.29, 1.82) is 0 Å². The Morgan fingerprint density at radius 2 is 2.39 bits per heavy atom. The average Bonchev–Trinajstić information content (AvgIpc) is 3.05. The third kappa shape index (κ3) is 2.65. The summed E-state index contributed by atoms with van der Waals surface area (Å²) in [5.41, 5.74) is 0. The monoisotopic (exact) mass is 261 g/mol. The van der Waals surface area contributed by atoms with Gasteiger partial charge in [0.2, 0.25) is 0 Å². The minimum atomic E-state index is 0.668. The van der Waals surface area contributed by atoms with Crippen LogP contribution in [0.3, 0.4) is 0 Å². The van der Waals surface area contributed by atoms with E-state index in [4.69, 9.17) is 0 Å². The predicted molar refractivity (Wildman–Crippen MR) is 74.7 cm³/mol. The molecule has 0 amide bonds. The molecule has 0 aromatic carbocycles. The number of likely N-dealkylation sites (tertiary alicyclic amines) is 1. The van der Waals surface area contributed by atoms with Crippen molar-refractivity contribution in [1.82, 2.24) is 14.5 Å². The Hall–Kier alpha value is -1.13. The number of rotatable bonds is 4. The highest BCUT2D eigenvalue weighted by molar-refractivity contribution is 7.11. The molecule has 96 valence electrons. The second-order valence-corrected chi connectivity index (χ2v) is 6.41. The summed E-state index contributed by atoms with van der Waals surface area (Å²) in [6.07, 6.45) is 8.48. The van der Waals surface area contributed by atoms with E-state index in [1.165, 1.54) is 29.1 Å². The predicted octanol–water partition coefficient (Wildman–Crippen LogP) is 2.92. The van der Waals surface area contributed by atoms with Crippen molar-refractivity contribution in [2.75, 3.05) is 6.54 Å². The summed E-state index contributed by atoms with van der Waals surface area (Å²) in [7, 11) is 0. The highest BCUT2D eigenvalue weighted by Crippen LogP contribution is 2.24. The fraction of sp³-hybridized carbons (Fsp3) is 0.500. The van der Waals surface area contributed by atoms with Crippen LogP contribution in [0.4, 0.5) is 0 Å². The zero-order valence-electron chi connectivity index (χ0n) is 10.7. The highest BCUT2D eigenvalue weighted by atomic mass is 32.1. The molecule has 1 saturated heterocycles. The molecule has 1 fully saturated rings. The molecule has 0 spiro atoms. The smallest absolute Gasteiger partial charge is 0.0946 e. The van der Waals surface area contributed by atoms with Gasteiger partial charge >= 0.3 is 0 Å². The summed E-state index contributed by atoms with van der Waals surface area (Å²) in [6.45, 7) is 5.60. The van der Waals surface area contributed by atoms with Crippen molar-refractivity contribution in [3.63, 3.8) is 0 Å². The molecule has 0 unspecified atom stereocenters. The Morgan fingerprint density at radius 3 is 3.11 bits per heavy atom. The lowest BCUT2D eigenvalue weighted by Gasteiger charge is -2.24. The second-order valence-electron chi connectivity index (χ2n) is 5.04. The van der Waals surface area contributed by atoms with E-state index in [-0.39, 0.29) is 0 Å². The molecular formula is C14H19N3S. The van der Waals surface area contributed by atoms with Gasteiger partial charge in [-0.3, -0.25) is 4.90 Å². The van der Waals surface area contributed by atoms with E-state index in [0.29, 0.717) is 6.04 Å². The lowest BCUT2D eigenvalue weighted by molar-refractivity contribution is 0.226. The maximum atomic E-state index is 4.12. The normalized spacial score (nSPS) is 20.6. The van der Waals surface area contributed by atoms with Crippen LogP contribution in [-0.4, -0.2) is 27.0 Å². The van der Waals surface area contributed by atoms with Crippen molar-refractivity contribution in [3.05, 3.63) is 40.6 Å². The van der Waals surface area contributed by atoms with Gasteiger partial charge in [-0.15, -0.1) is 11.3 Å². The molecule has 0 bridgehead atoms. The molecule has 3 nitrogen and oxygen atoms in total. The standard InChI is InChI=1S/C14H19N3S/c1-12-4-5-14(18-12)10-17-7-2-3-13(17)9-16-8-6-15-11-16/h4-6,8,11,13H,2-3,7,9-10H2,1H3/t13-/m0/s1. The van der Waals surface area contributed by atoms with E-state index in [1.54, 1.807) is 0 Å². The minimum Gasteiger partial charge on any atom is -0.336 e. The summed E-state index contributed by atoms with van der Waals surface area (Å²) >= 11 is 1.92. The Kier molecular flexibility index (Phi) is 3.48. The number of hydrogen-bond acceptors (Lipinski definition) is 3. The van der Waals surface area contributed by atoms with E-state index in [9.17, 15) is 0 Å². The van der Waals surface area contributed by atoms with Gasteiger partial charge in [0.05, 0.1) is 6.33 Å². The van der Waals surface area contributed by atoms with Gasteiger partial charge in [-0.25, -0.2) is 4.98 Å². The molecule has 2 aromatic rings. The number of aryl methyl sites for hydroxylation is 1. The number of aromatic nitrogens is 2. The first-order valence-electron chi connectivity index (χ1n) is 6.56. The molecule has 18 heavy (non-hydrogen) atoms. The summed E-state index contributed by atoms with van der Waals surface area (Å²) in [5, 5.41) is 0. The summed E-state index contributed by atoms with van der Waals surface area (Å²) < 4.78 is 2.20. The molecule has 2 aromatic heterocycles. The first-order valence-corrected chi connectivity index (χ1v) is 7.38. The van der Waals surface area contributed by atoms with Crippen molar-refractivity contribution < 1.29 is 0 Å². The highest BCUT2D eigenvalue weighted by Gasteiger charge is 2.24. The van der Waals surface area contributed by atoms with E-state index in [2.05, 4.69) is 39.7 Å². The minimum absolute atomic E-state index is 0.668. The van der Waals surface area contributed by atoms with Crippen LogP contribution >= 0.6 is 11.3 Å². The van der Waals surface area contributed by atoms with Gasteiger partial charge in [0.1, 0.15) is 0 Å². The first kappa shape index (κ1) is 11.9. The number of imidazole rings is 1. The number of thiophene rings is 1. The van der Waals surface area contributed by atoms with Crippen LogP contribution in [0.1, 0.15) is 22.6 Å². The zero-order valence-corrected chi connectivity index (χ0v) is 11.6. The molecule has 0 aliphatic carbocycles. The van der Waals surface area contributed by atoms with Crippen LogP contribution in [0.2, 0.25) is 0 Å². The van der Waals surface area contributed by atoms with Gasteiger partial charge in [-0.2, -0.15) is 0 Å². The Labute approximate surface area is 112 Å². The van der Waals surface area contributed by atoms with Gasteiger partial charge in [0.25, 0.3) is 0 Å². The van der Waals surface area contributed by atoms with Crippen LogP contribution in [0.15, 0.2) is 30.9 Å². The molecule has 3 rings (SSSR count). The second kappa shape index (κ2) is 5.24. The third-order valence-electron chi connectivity index (χ3n) is 3.63. The maximum Gasteiger partial charge on any atom is 0.0946 e. The number of hydrogen-bond donors (Lipinski definition) is 0. The SMILES string of the molecule is Cc1ccc(CN2CCC[C@H]2Cn2ccnc2)s1. The van der Waals surface area contributed by atoms with E-state index >= 15 is 0 Å².